The normalized spacial score (nSPS) is 13.5. The fourth-order valence-corrected chi connectivity index (χ4v) is 2.47. The molecule has 1 aliphatic rings. The lowest BCUT2D eigenvalue weighted by Crippen LogP contribution is -2.01. The van der Waals surface area contributed by atoms with Gasteiger partial charge in [-0.3, -0.25) is 4.99 Å². The Morgan fingerprint density at radius 3 is 2.41 bits per heavy atom. The predicted molar refractivity (Wildman–Crippen MR) is 89.5 cm³/mol. The standard InChI is InChI=1S/C19H21NO2/c1-2-6-16(7-3-1)17-9-11-18(12-10-17)21-14-5-4-8-19-20-13-15-22-19/h1-3,6-7,9-12H,4-5,8,13-15H2. The molecule has 0 aromatic heterocycles. The van der Waals surface area contributed by atoms with Crippen LogP contribution in [0.5, 0.6) is 5.75 Å². The van der Waals surface area contributed by atoms with Gasteiger partial charge in [-0.2, -0.15) is 0 Å². The summed E-state index contributed by atoms with van der Waals surface area (Å²) in [5.74, 6) is 1.83. The van der Waals surface area contributed by atoms with Crippen molar-refractivity contribution in [3.63, 3.8) is 0 Å². The smallest absolute Gasteiger partial charge is 0.183 e. The maximum Gasteiger partial charge on any atom is 0.183 e. The topological polar surface area (TPSA) is 30.8 Å². The lowest BCUT2D eigenvalue weighted by atomic mass is 10.1. The summed E-state index contributed by atoms with van der Waals surface area (Å²) >= 11 is 0. The quantitative estimate of drug-likeness (QED) is 0.712. The van der Waals surface area contributed by atoms with Gasteiger partial charge in [0.1, 0.15) is 12.4 Å². The molecule has 2 aromatic rings. The highest BCUT2D eigenvalue weighted by Crippen LogP contribution is 2.22. The van der Waals surface area contributed by atoms with Gasteiger partial charge in [-0.05, 0) is 36.1 Å². The van der Waals surface area contributed by atoms with Gasteiger partial charge in [-0.25, -0.2) is 0 Å². The van der Waals surface area contributed by atoms with Crippen molar-refractivity contribution in [2.75, 3.05) is 19.8 Å². The van der Waals surface area contributed by atoms with E-state index in [1.54, 1.807) is 0 Å². The van der Waals surface area contributed by atoms with Crippen molar-refractivity contribution < 1.29 is 9.47 Å². The lowest BCUT2D eigenvalue weighted by molar-refractivity contribution is 0.302. The molecule has 1 heterocycles. The minimum Gasteiger partial charge on any atom is -0.494 e. The number of aliphatic imine (C=N–C) groups is 1. The van der Waals surface area contributed by atoms with Crippen molar-refractivity contribution in [3.05, 3.63) is 54.6 Å². The van der Waals surface area contributed by atoms with Gasteiger partial charge in [-0.15, -0.1) is 0 Å². The van der Waals surface area contributed by atoms with Crippen molar-refractivity contribution in [2.24, 2.45) is 4.99 Å². The van der Waals surface area contributed by atoms with E-state index < -0.39 is 0 Å². The van der Waals surface area contributed by atoms with E-state index in [0.717, 1.165) is 50.7 Å². The fraction of sp³-hybridized carbons (Fsp3) is 0.316. The van der Waals surface area contributed by atoms with Crippen molar-refractivity contribution in [2.45, 2.75) is 19.3 Å². The van der Waals surface area contributed by atoms with Gasteiger partial charge < -0.3 is 9.47 Å². The molecule has 0 unspecified atom stereocenters. The molecule has 114 valence electrons. The molecule has 1 aliphatic heterocycles. The summed E-state index contributed by atoms with van der Waals surface area (Å²) in [6.07, 6.45) is 3.00. The average Bonchev–Trinajstić information content (AvgIpc) is 3.09. The molecule has 0 bridgehead atoms. The van der Waals surface area contributed by atoms with Crippen LogP contribution in [-0.4, -0.2) is 25.7 Å². The molecule has 0 fully saturated rings. The molecule has 0 saturated heterocycles. The number of ether oxygens (including phenoxy) is 2. The number of rotatable bonds is 7. The zero-order chi connectivity index (χ0) is 15.0. The average molecular weight is 295 g/mol. The second kappa shape index (κ2) is 7.64. The fourth-order valence-electron chi connectivity index (χ4n) is 2.47. The molecule has 0 spiro atoms. The molecular weight excluding hydrogens is 274 g/mol. The van der Waals surface area contributed by atoms with E-state index in [1.165, 1.54) is 11.1 Å². The predicted octanol–water partition coefficient (Wildman–Crippen LogP) is 4.33. The number of hydrogen-bond acceptors (Lipinski definition) is 3. The van der Waals surface area contributed by atoms with E-state index in [-0.39, 0.29) is 0 Å². The van der Waals surface area contributed by atoms with Crippen molar-refractivity contribution in [1.82, 2.24) is 0 Å². The van der Waals surface area contributed by atoms with Gasteiger partial charge in [0.2, 0.25) is 0 Å². The number of unbranched alkanes of at least 4 members (excludes halogenated alkanes) is 1. The maximum absolute atomic E-state index is 5.78. The first-order valence-electron chi connectivity index (χ1n) is 7.86. The monoisotopic (exact) mass is 295 g/mol. The third-order valence-electron chi connectivity index (χ3n) is 3.66. The molecule has 0 saturated carbocycles. The third-order valence-corrected chi connectivity index (χ3v) is 3.66. The Morgan fingerprint density at radius 1 is 0.909 bits per heavy atom. The maximum atomic E-state index is 5.78. The van der Waals surface area contributed by atoms with Crippen LogP contribution in [0.4, 0.5) is 0 Å². The highest BCUT2D eigenvalue weighted by Gasteiger charge is 2.06. The molecule has 3 heteroatoms. The SMILES string of the molecule is c1ccc(-c2ccc(OCCCCC3=NCCO3)cc2)cc1. The minimum atomic E-state index is 0.734. The van der Waals surface area contributed by atoms with E-state index in [1.807, 2.05) is 18.2 Å². The highest BCUT2D eigenvalue weighted by molar-refractivity contribution is 5.77. The Kier molecular flexibility index (Phi) is 5.09. The first-order chi connectivity index (χ1) is 10.9. The Morgan fingerprint density at radius 2 is 1.68 bits per heavy atom. The second-order valence-corrected chi connectivity index (χ2v) is 5.32. The van der Waals surface area contributed by atoms with Gasteiger partial charge in [0.05, 0.1) is 13.2 Å². The molecule has 2 aromatic carbocycles. The van der Waals surface area contributed by atoms with Crippen LogP contribution < -0.4 is 4.74 Å². The van der Waals surface area contributed by atoms with Crippen LogP contribution in [0.3, 0.4) is 0 Å². The summed E-state index contributed by atoms with van der Waals surface area (Å²) in [4.78, 5) is 4.28. The number of nitrogens with zero attached hydrogens (tertiary/aromatic N) is 1. The number of benzene rings is 2. The van der Waals surface area contributed by atoms with Crippen LogP contribution in [0.15, 0.2) is 59.6 Å². The molecule has 3 nitrogen and oxygen atoms in total. The van der Waals surface area contributed by atoms with E-state index >= 15 is 0 Å². The van der Waals surface area contributed by atoms with Crippen molar-refractivity contribution in [3.8, 4) is 16.9 Å². The summed E-state index contributed by atoms with van der Waals surface area (Å²) < 4.78 is 11.2. The Labute approximate surface area is 131 Å². The summed E-state index contributed by atoms with van der Waals surface area (Å²) in [5, 5.41) is 0. The van der Waals surface area contributed by atoms with E-state index in [9.17, 15) is 0 Å². The van der Waals surface area contributed by atoms with Gasteiger partial charge in [0.15, 0.2) is 5.90 Å². The zero-order valence-corrected chi connectivity index (χ0v) is 12.7. The van der Waals surface area contributed by atoms with Crippen molar-refractivity contribution >= 4 is 5.90 Å². The Balaban J connectivity index is 1.41. The van der Waals surface area contributed by atoms with Crippen molar-refractivity contribution in [1.29, 1.82) is 0 Å². The van der Waals surface area contributed by atoms with Gasteiger partial charge in [-0.1, -0.05) is 42.5 Å². The minimum absolute atomic E-state index is 0.734. The van der Waals surface area contributed by atoms with Crippen LogP contribution in [-0.2, 0) is 4.74 Å². The lowest BCUT2D eigenvalue weighted by Gasteiger charge is -2.07. The second-order valence-electron chi connectivity index (χ2n) is 5.32. The Bertz CT molecular complexity index is 605. The molecule has 0 atom stereocenters. The largest absolute Gasteiger partial charge is 0.494 e. The van der Waals surface area contributed by atoms with E-state index in [0.29, 0.717) is 0 Å². The van der Waals surface area contributed by atoms with Crippen LogP contribution in [0.1, 0.15) is 19.3 Å². The molecule has 0 aliphatic carbocycles. The third kappa shape index (κ3) is 4.10. The highest BCUT2D eigenvalue weighted by atomic mass is 16.5. The van der Waals surface area contributed by atoms with Gasteiger partial charge in [0, 0.05) is 6.42 Å². The van der Waals surface area contributed by atoms with Crippen LogP contribution >= 0.6 is 0 Å². The van der Waals surface area contributed by atoms with Crippen LogP contribution in [0.2, 0.25) is 0 Å². The zero-order valence-electron chi connectivity index (χ0n) is 12.7. The number of hydrogen-bond donors (Lipinski definition) is 0. The molecule has 3 rings (SSSR count). The van der Waals surface area contributed by atoms with Gasteiger partial charge >= 0.3 is 0 Å². The first kappa shape index (κ1) is 14.6. The molecule has 0 amide bonds. The molecule has 0 radical (unpaired) electrons. The van der Waals surface area contributed by atoms with E-state index in [4.69, 9.17) is 9.47 Å². The summed E-state index contributed by atoms with van der Waals surface area (Å²) in [6.45, 7) is 2.30. The summed E-state index contributed by atoms with van der Waals surface area (Å²) in [6, 6.07) is 18.6. The van der Waals surface area contributed by atoms with Crippen LogP contribution in [0.25, 0.3) is 11.1 Å². The summed E-state index contributed by atoms with van der Waals surface area (Å²) in [5.41, 5.74) is 2.44. The Hall–Kier alpha value is -2.29. The summed E-state index contributed by atoms with van der Waals surface area (Å²) in [7, 11) is 0. The molecule has 22 heavy (non-hydrogen) atoms. The first-order valence-corrected chi connectivity index (χ1v) is 7.86. The molecular formula is C19H21NO2. The van der Waals surface area contributed by atoms with E-state index in [2.05, 4.69) is 41.4 Å². The molecule has 0 N–H and O–H groups in total. The van der Waals surface area contributed by atoms with Crippen LogP contribution in [0, 0.1) is 0 Å². The van der Waals surface area contributed by atoms with Gasteiger partial charge in [0.25, 0.3) is 0 Å².